The number of carbonyl (C=O) groups is 1. The standard InChI is InChI=1S/C17H23FN2O5S2/c1-11-8-13(2-3-14(11)18)27(24,25)16-10-26(22,23)9-15(16)20-6-4-12(5-7-20)17(19)21/h2-3,8,12,15-16H,4-7,9-10H2,1H3,(H2,19,21)/t15-,16-/m0/s1. The molecule has 2 saturated heterocycles. The summed E-state index contributed by atoms with van der Waals surface area (Å²) in [5.74, 6) is -1.86. The van der Waals surface area contributed by atoms with E-state index in [-0.39, 0.29) is 28.0 Å². The molecule has 0 spiro atoms. The smallest absolute Gasteiger partial charge is 0.220 e. The number of amides is 1. The summed E-state index contributed by atoms with van der Waals surface area (Å²) in [6.45, 7) is 2.30. The Hall–Kier alpha value is -1.52. The van der Waals surface area contributed by atoms with Gasteiger partial charge in [-0.15, -0.1) is 0 Å². The molecule has 150 valence electrons. The van der Waals surface area contributed by atoms with Crippen molar-refractivity contribution in [3.05, 3.63) is 29.6 Å². The number of hydrogen-bond donors (Lipinski definition) is 1. The number of aryl methyl sites for hydroxylation is 1. The van der Waals surface area contributed by atoms with E-state index in [4.69, 9.17) is 5.73 Å². The molecule has 10 heteroatoms. The fourth-order valence-electron chi connectivity index (χ4n) is 3.92. The molecule has 2 N–H and O–H groups in total. The molecule has 1 amide bonds. The second-order valence-electron chi connectivity index (χ2n) is 7.35. The quantitative estimate of drug-likeness (QED) is 0.702. The van der Waals surface area contributed by atoms with Gasteiger partial charge in [0.2, 0.25) is 5.91 Å². The summed E-state index contributed by atoms with van der Waals surface area (Å²) in [7, 11) is -7.48. The number of likely N-dealkylation sites (tertiary alicyclic amines) is 1. The minimum Gasteiger partial charge on any atom is -0.369 e. The number of primary amides is 1. The molecule has 2 fully saturated rings. The normalized spacial score (nSPS) is 26.9. The van der Waals surface area contributed by atoms with Crippen LogP contribution in [-0.2, 0) is 24.5 Å². The first-order valence-electron chi connectivity index (χ1n) is 8.75. The largest absolute Gasteiger partial charge is 0.369 e. The van der Waals surface area contributed by atoms with Crippen molar-refractivity contribution in [1.82, 2.24) is 4.90 Å². The predicted octanol–water partition coefficient (Wildman–Crippen LogP) is 0.271. The molecule has 7 nitrogen and oxygen atoms in total. The highest BCUT2D eigenvalue weighted by atomic mass is 32.2. The molecule has 2 atom stereocenters. The van der Waals surface area contributed by atoms with Crippen LogP contribution in [0.1, 0.15) is 18.4 Å². The van der Waals surface area contributed by atoms with Crippen LogP contribution in [0.25, 0.3) is 0 Å². The van der Waals surface area contributed by atoms with E-state index in [1.807, 2.05) is 4.90 Å². The van der Waals surface area contributed by atoms with Crippen LogP contribution >= 0.6 is 0 Å². The van der Waals surface area contributed by atoms with Crippen LogP contribution < -0.4 is 5.73 Å². The number of benzene rings is 1. The molecule has 0 aliphatic carbocycles. The molecule has 2 aliphatic heterocycles. The van der Waals surface area contributed by atoms with Gasteiger partial charge in [-0.25, -0.2) is 21.2 Å². The summed E-state index contributed by atoms with van der Waals surface area (Å²) in [6, 6.07) is 2.82. The number of piperidine rings is 1. The van der Waals surface area contributed by atoms with E-state index in [0.29, 0.717) is 25.9 Å². The van der Waals surface area contributed by atoms with E-state index < -0.39 is 42.5 Å². The Morgan fingerprint density at radius 1 is 1.22 bits per heavy atom. The molecular formula is C17H23FN2O5S2. The van der Waals surface area contributed by atoms with E-state index in [0.717, 1.165) is 6.07 Å². The maximum absolute atomic E-state index is 13.5. The maximum Gasteiger partial charge on any atom is 0.220 e. The van der Waals surface area contributed by atoms with Crippen molar-refractivity contribution in [1.29, 1.82) is 0 Å². The zero-order valence-electron chi connectivity index (χ0n) is 15.0. The summed E-state index contributed by atoms with van der Waals surface area (Å²) in [4.78, 5) is 13.1. The van der Waals surface area contributed by atoms with E-state index in [9.17, 15) is 26.0 Å². The van der Waals surface area contributed by atoms with Gasteiger partial charge in [0.25, 0.3) is 0 Å². The Balaban J connectivity index is 1.90. The minimum atomic E-state index is -3.96. The van der Waals surface area contributed by atoms with E-state index in [1.165, 1.54) is 19.1 Å². The summed E-state index contributed by atoms with van der Waals surface area (Å²) in [5.41, 5.74) is 5.52. The van der Waals surface area contributed by atoms with Crippen LogP contribution in [0, 0.1) is 18.7 Å². The third-order valence-corrected chi connectivity index (χ3v) is 9.65. The lowest BCUT2D eigenvalue weighted by molar-refractivity contribution is -0.123. The van der Waals surface area contributed by atoms with E-state index >= 15 is 0 Å². The van der Waals surface area contributed by atoms with Crippen molar-refractivity contribution in [2.75, 3.05) is 24.6 Å². The number of nitrogens with zero attached hydrogens (tertiary/aromatic N) is 1. The van der Waals surface area contributed by atoms with Crippen LogP contribution in [-0.4, -0.2) is 63.5 Å². The van der Waals surface area contributed by atoms with Crippen molar-refractivity contribution < 1.29 is 26.0 Å². The topological polar surface area (TPSA) is 115 Å². The van der Waals surface area contributed by atoms with Gasteiger partial charge >= 0.3 is 0 Å². The van der Waals surface area contributed by atoms with Crippen molar-refractivity contribution >= 4 is 25.6 Å². The molecule has 0 unspecified atom stereocenters. The Kier molecular flexibility index (Phi) is 5.35. The molecule has 2 heterocycles. The van der Waals surface area contributed by atoms with Crippen LogP contribution in [0.15, 0.2) is 23.1 Å². The lowest BCUT2D eigenvalue weighted by Gasteiger charge is -2.36. The number of halogens is 1. The Morgan fingerprint density at radius 2 is 1.85 bits per heavy atom. The third-order valence-electron chi connectivity index (χ3n) is 5.53. The molecule has 27 heavy (non-hydrogen) atoms. The van der Waals surface area contributed by atoms with Gasteiger partial charge in [-0.1, -0.05) is 0 Å². The third kappa shape index (κ3) is 4.02. The fourth-order valence-corrected chi connectivity index (χ4v) is 8.83. The van der Waals surface area contributed by atoms with Gasteiger partial charge in [0, 0.05) is 12.0 Å². The molecule has 3 rings (SSSR count). The predicted molar refractivity (Wildman–Crippen MR) is 98.0 cm³/mol. The Bertz CT molecular complexity index is 954. The minimum absolute atomic E-state index is 0.0690. The van der Waals surface area contributed by atoms with Gasteiger partial charge in [0.1, 0.15) is 5.82 Å². The van der Waals surface area contributed by atoms with Gasteiger partial charge in [-0.3, -0.25) is 9.69 Å². The van der Waals surface area contributed by atoms with Crippen LogP contribution in [0.4, 0.5) is 4.39 Å². The van der Waals surface area contributed by atoms with Gasteiger partial charge in [-0.2, -0.15) is 0 Å². The zero-order chi connectivity index (χ0) is 20.0. The summed E-state index contributed by atoms with van der Waals surface area (Å²) in [6.07, 6.45) is 0.961. The molecule has 0 saturated carbocycles. The van der Waals surface area contributed by atoms with Crippen molar-refractivity contribution in [2.24, 2.45) is 11.7 Å². The van der Waals surface area contributed by atoms with Gasteiger partial charge < -0.3 is 5.73 Å². The number of carbonyl (C=O) groups excluding carboxylic acids is 1. The van der Waals surface area contributed by atoms with Crippen molar-refractivity contribution in [3.8, 4) is 0 Å². The average molecular weight is 419 g/mol. The Labute approximate surface area is 158 Å². The first kappa shape index (κ1) is 20.2. The maximum atomic E-state index is 13.5. The highest BCUT2D eigenvalue weighted by Gasteiger charge is 2.48. The highest BCUT2D eigenvalue weighted by molar-refractivity contribution is 7.96. The molecule has 0 bridgehead atoms. The number of sulfone groups is 2. The molecule has 1 aromatic carbocycles. The molecule has 0 radical (unpaired) electrons. The SMILES string of the molecule is Cc1cc(S(=O)(=O)[C@H]2CS(=O)(=O)C[C@@H]2N2CCC(C(N)=O)CC2)ccc1F. The van der Waals surface area contributed by atoms with Crippen molar-refractivity contribution in [2.45, 2.75) is 36.0 Å². The fraction of sp³-hybridized carbons (Fsp3) is 0.588. The lowest BCUT2D eigenvalue weighted by atomic mass is 9.95. The van der Waals surface area contributed by atoms with Gasteiger partial charge in [0.05, 0.1) is 21.7 Å². The molecular weight excluding hydrogens is 395 g/mol. The molecule has 1 aromatic rings. The number of rotatable bonds is 4. The zero-order valence-corrected chi connectivity index (χ0v) is 16.6. The second-order valence-corrected chi connectivity index (χ2v) is 11.7. The van der Waals surface area contributed by atoms with Gasteiger partial charge in [-0.05, 0) is 56.6 Å². The molecule has 2 aliphatic rings. The van der Waals surface area contributed by atoms with Crippen molar-refractivity contribution in [3.63, 3.8) is 0 Å². The van der Waals surface area contributed by atoms with Crippen LogP contribution in [0.2, 0.25) is 0 Å². The highest BCUT2D eigenvalue weighted by Crippen LogP contribution is 2.32. The summed E-state index contributed by atoms with van der Waals surface area (Å²) < 4.78 is 64.2. The Morgan fingerprint density at radius 3 is 2.41 bits per heavy atom. The lowest BCUT2D eigenvalue weighted by Crippen LogP contribution is -2.50. The monoisotopic (exact) mass is 418 g/mol. The number of hydrogen-bond acceptors (Lipinski definition) is 6. The van der Waals surface area contributed by atoms with E-state index in [1.54, 1.807) is 0 Å². The molecule has 0 aromatic heterocycles. The summed E-state index contributed by atoms with van der Waals surface area (Å²) >= 11 is 0. The second kappa shape index (κ2) is 7.14. The first-order valence-corrected chi connectivity index (χ1v) is 12.1. The first-order chi connectivity index (χ1) is 12.5. The average Bonchev–Trinajstić information content (AvgIpc) is 2.94. The number of nitrogens with two attached hydrogens (primary N) is 1. The van der Waals surface area contributed by atoms with Crippen LogP contribution in [0.3, 0.4) is 0 Å². The van der Waals surface area contributed by atoms with E-state index in [2.05, 4.69) is 0 Å². The van der Waals surface area contributed by atoms with Gasteiger partial charge in [0.15, 0.2) is 19.7 Å². The van der Waals surface area contributed by atoms with Crippen LogP contribution in [0.5, 0.6) is 0 Å². The summed E-state index contributed by atoms with van der Waals surface area (Å²) in [5, 5.41) is -1.11.